The number of ether oxygens (including phenoxy) is 1. The van der Waals surface area contributed by atoms with Crippen LogP contribution in [0.1, 0.15) is 30.3 Å². The zero-order chi connectivity index (χ0) is 14.5. The monoisotopic (exact) mass is 274 g/mol. The van der Waals surface area contributed by atoms with E-state index >= 15 is 0 Å². The van der Waals surface area contributed by atoms with Crippen LogP contribution in [0.15, 0.2) is 24.3 Å². The van der Waals surface area contributed by atoms with E-state index in [2.05, 4.69) is 34.3 Å². The van der Waals surface area contributed by atoms with Crippen molar-refractivity contribution in [1.29, 1.82) is 0 Å². The summed E-state index contributed by atoms with van der Waals surface area (Å²) in [6, 6.07) is 7.25. The van der Waals surface area contributed by atoms with Crippen LogP contribution in [0.4, 0.5) is 5.69 Å². The van der Waals surface area contributed by atoms with E-state index in [4.69, 9.17) is 4.74 Å². The van der Waals surface area contributed by atoms with Gasteiger partial charge in [0, 0.05) is 11.8 Å². The summed E-state index contributed by atoms with van der Waals surface area (Å²) in [4.78, 5) is 15.9. The minimum absolute atomic E-state index is 0.121. The minimum atomic E-state index is -0.352. The van der Waals surface area contributed by atoms with Gasteiger partial charge in [-0.05, 0) is 25.0 Å². The molecule has 0 aliphatic carbocycles. The van der Waals surface area contributed by atoms with Crippen LogP contribution in [0, 0.1) is 12.8 Å². The molecule has 2 rings (SSSR count). The van der Waals surface area contributed by atoms with Gasteiger partial charge in [0.1, 0.15) is 11.6 Å². The van der Waals surface area contributed by atoms with Gasteiger partial charge in [-0.15, -0.1) is 5.10 Å². The van der Waals surface area contributed by atoms with E-state index in [1.807, 2.05) is 12.1 Å². The summed E-state index contributed by atoms with van der Waals surface area (Å²) in [7, 11) is 0. The molecule has 1 aromatic carbocycles. The number of nitrogens with zero attached hydrogens (tertiary/aromatic N) is 2. The number of anilines is 1. The number of benzene rings is 1. The molecule has 2 aromatic rings. The summed E-state index contributed by atoms with van der Waals surface area (Å²) in [5.74, 6) is 1.54. The molecule has 106 valence electrons. The largest absolute Gasteiger partial charge is 0.493 e. The van der Waals surface area contributed by atoms with Gasteiger partial charge in [-0.2, -0.15) is 0 Å². The van der Waals surface area contributed by atoms with Gasteiger partial charge < -0.3 is 10.1 Å². The standard InChI is InChI=1S/C14H18N4O2/c1-9(2)8-20-12-6-4-5-11(7-12)16-14(19)13-15-10(3)17-18-13/h4-7,9H,8H2,1-3H3,(H,16,19)(H,15,17,18). The highest BCUT2D eigenvalue weighted by atomic mass is 16.5. The number of carbonyl (C=O) groups excluding carboxylic acids is 1. The Morgan fingerprint density at radius 1 is 1.45 bits per heavy atom. The summed E-state index contributed by atoms with van der Waals surface area (Å²) < 4.78 is 5.61. The first kappa shape index (κ1) is 14.0. The van der Waals surface area contributed by atoms with Crippen LogP contribution in [0.25, 0.3) is 0 Å². The van der Waals surface area contributed by atoms with E-state index in [0.29, 0.717) is 24.0 Å². The molecular weight excluding hydrogens is 256 g/mol. The maximum absolute atomic E-state index is 11.9. The Bertz CT molecular complexity index is 592. The van der Waals surface area contributed by atoms with Crippen molar-refractivity contribution in [1.82, 2.24) is 15.2 Å². The zero-order valence-electron chi connectivity index (χ0n) is 11.8. The number of H-pyrrole nitrogens is 1. The lowest BCUT2D eigenvalue weighted by Crippen LogP contribution is -2.14. The number of nitrogens with one attached hydrogen (secondary N) is 2. The first-order chi connectivity index (χ1) is 9.54. The van der Waals surface area contributed by atoms with Gasteiger partial charge in [-0.1, -0.05) is 19.9 Å². The third kappa shape index (κ3) is 3.81. The van der Waals surface area contributed by atoms with Gasteiger partial charge in [-0.3, -0.25) is 9.89 Å². The molecule has 0 spiro atoms. The van der Waals surface area contributed by atoms with Crippen LogP contribution >= 0.6 is 0 Å². The molecule has 6 nitrogen and oxygen atoms in total. The molecule has 0 aliphatic rings. The van der Waals surface area contributed by atoms with E-state index < -0.39 is 0 Å². The van der Waals surface area contributed by atoms with Crippen LogP contribution < -0.4 is 10.1 Å². The topological polar surface area (TPSA) is 79.9 Å². The smallest absolute Gasteiger partial charge is 0.295 e. The summed E-state index contributed by atoms with van der Waals surface area (Å²) >= 11 is 0. The van der Waals surface area contributed by atoms with Crippen LogP contribution in [-0.4, -0.2) is 27.7 Å². The number of aromatic nitrogens is 3. The summed E-state index contributed by atoms with van der Waals surface area (Å²) in [6.07, 6.45) is 0. The highest BCUT2D eigenvalue weighted by molar-refractivity contribution is 6.01. The highest BCUT2D eigenvalue weighted by Crippen LogP contribution is 2.18. The molecule has 0 unspecified atom stereocenters. The number of carbonyl (C=O) groups is 1. The molecule has 0 bridgehead atoms. The van der Waals surface area contributed by atoms with Gasteiger partial charge in [0.15, 0.2) is 0 Å². The van der Waals surface area contributed by atoms with Gasteiger partial charge in [0.05, 0.1) is 6.61 Å². The average molecular weight is 274 g/mol. The van der Waals surface area contributed by atoms with Crippen molar-refractivity contribution in [2.24, 2.45) is 5.92 Å². The highest BCUT2D eigenvalue weighted by Gasteiger charge is 2.11. The fourth-order valence-corrected chi connectivity index (χ4v) is 1.56. The molecule has 0 radical (unpaired) electrons. The molecule has 1 heterocycles. The van der Waals surface area contributed by atoms with E-state index in [0.717, 1.165) is 5.75 Å². The van der Waals surface area contributed by atoms with Gasteiger partial charge in [-0.25, -0.2) is 4.98 Å². The summed E-state index contributed by atoms with van der Waals surface area (Å²) in [5, 5.41) is 9.18. The van der Waals surface area contributed by atoms with Crippen molar-refractivity contribution >= 4 is 11.6 Å². The molecule has 2 N–H and O–H groups in total. The lowest BCUT2D eigenvalue weighted by Gasteiger charge is -2.10. The van der Waals surface area contributed by atoms with Crippen molar-refractivity contribution in [3.63, 3.8) is 0 Å². The molecule has 0 fully saturated rings. The van der Waals surface area contributed by atoms with E-state index in [1.165, 1.54) is 0 Å². The second-order valence-electron chi connectivity index (χ2n) is 4.93. The molecule has 0 aliphatic heterocycles. The van der Waals surface area contributed by atoms with Crippen molar-refractivity contribution in [2.75, 3.05) is 11.9 Å². The van der Waals surface area contributed by atoms with Gasteiger partial charge in [0.25, 0.3) is 5.91 Å². The molecule has 1 aromatic heterocycles. The molecular formula is C14H18N4O2. The number of rotatable bonds is 5. The Morgan fingerprint density at radius 2 is 2.25 bits per heavy atom. The Labute approximate surface area is 117 Å². The predicted octanol–water partition coefficient (Wildman–Crippen LogP) is 2.40. The lowest BCUT2D eigenvalue weighted by atomic mass is 10.2. The molecule has 0 saturated carbocycles. The number of hydrogen-bond donors (Lipinski definition) is 2. The first-order valence-electron chi connectivity index (χ1n) is 6.48. The third-order valence-corrected chi connectivity index (χ3v) is 2.48. The molecule has 0 atom stereocenters. The first-order valence-corrected chi connectivity index (χ1v) is 6.48. The minimum Gasteiger partial charge on any atom is -0.493 e. The quantitative estimate of drug-likeness (QED) is 0.877. The Balaban J connectivity index is 2.02. The number of aromatic amines is 1. The van der Waals surface area contributed by atoms with Crippen LogP contribution in [-0.2, 0) is 0 Å². The Kier molecular flexibility index (Phi) is 4.34. The maximum Gasteiger partial charge on any atom is 0.295 e. The third-order valence-electron chi connectivity index (χ3n) is 2.48. The maximum atomic E-state index is 11.9. The van der Waals surface area contributed by atoms with Crippen LogP contribution in [0.2, 0.25) is 0 Å². The van der Waals surface area contributed by atoms with Crippen molar-refractivity contribution in [3.8, 4) is 5.75 Å². The summed E-state index contributed by atoms with van der Waals surface area (Å²) in [5.41, 5.74) is 0.652. The number of amides is 1. The predicted molar refractivity (Wildman–Crippen MR) is 75.8 cm³/mol. The van der Waals surface area contributed by atoms with Gasteiger partial charge >= 0.3 is 0 Å². The molecule has 0 saturated heterocycles. The lowest BCUT2D eigenvalue weighted by molar-refractivity contribution is 0.101. The Morgan fingerprint density at radius 3 is 2.90 bits per heavy atom. The number of hydrogen-bond acceptors (Lipinski definition) is 4. The zero-order valence-corrected chi connectivity index (χ0v) is 11.8. The normalized spacial score (nSPS) is 10.6. The fourth-order valence-electron chi connectivity index (χ4n) is 1.56. The Hall–Kier alpha value is -2.37. The van der Waals surface area contributed by atoms with Crippen molar-refractivity contribution in [2.45, 2.75) is 20.8 Å². The van der Waals surface area contributed by atoms with Crippen LogP contribution in [0.5, 0.6) is 5.75 Å². The SMILES string of the molecule is Cc1nc(C(=O)Nc2cccc(OCC(C)C)c2)n[nH]1. The average Bonchev–Trinajstić information content (AvgIpc) is 2.84. The molecule has 1 amide bonds. The van der Waals surface area contributed by atoms with E-state index in [1.54, 1.807) is 19.1 Å². The van der Waals surface area contributed by atoms with Crippen LogP contribution in [0.3, 0.4) is 0 Å². The second-order valence-corrected chi connectivity index (χ2v) is 4.93. The van der Waals surface area contributed by atoms with E-state index in [-0.39, 0.29) is 11.7 Å². The molecule has 20 heavy (non-hydrogen) atoms. The van der Waals surface area contributed by atoms with E-state index in [9.17, 15) is 4.79 Å². The fraction of sp³-hybridized carbons (Fsp3) is 0.357. The van der Waals surface area contributed by atoms with Crippen molar-refractivity contribution < 1.29 is 9.53 Å². The van der Waals surface area contributed by atoms with Gasteiger partial charge in [0.2, 0.25) is 5.82 Å². The second kappa shape index (κ2) is 6.18. The number of aryl methyl sites for hydroxylation is 1. The summed E-state index contributed by atoms with van der Waals surface area (Å²) in [6.45, 7) is 6.54. The molecule has 6 heteroatoms. The van der Waals surface area contributed by atoms with Crippen molar-refractivity contribution in [3.05, 3.63) is 35.9 Å².